The van der Waals surface area contributed by atoms with Gasteiger partial charge >= 0.3 is 0 Å². The van der Waals surface area contributed by atoms with Crippen LogP contribution in [-0.2, 0) is 9.84 Å². The second-order valence-corrected chi connectivity index (χ2v) is 6.24. The largest absolute Gasteiger partial charge is 0.390 e. The van der Waals surface area contributed by atoms with Crippen LogP contribution >= 0.6 is 0 Å². The standard InChI is InChI=1S/C10H22O3S/c1-4-10(11,5-2)8-7-9-14(12,13)6-3/h11H,4-9H2,1-3H3. The van der Waals surface area contributed by atoms with Crippen molar-refractivity contribution in [1.29, 1.82) is 0 Å². The van der Waals surface area contributed by atoms with E-state index in [1.807, 2.05) is 13.8 Å². The van der Waals surface area contributed by atoms with Gasteiger partial charge in [-0.2, -0.15) is 0 Å². The first-order valence-electron chi connectivity index (χ1n) is 5.32. The molecular formula is C10H22O3S. The van der Waals surface area contributed by atoms with Crippen LogP contribution in [0.15, 0.2) is 0 Å². The minimum Gasteiger partial charge on any atom is -0.390 e. The van der Waals surface area contributed by atoms with Crippen LogP contribution in [-0.4, -0.2) is 30.6 Å². The molecule has 0 aliphatic heterocycles. The first-order valence-corrected chi connectivity index (χ1v) is 7.14. The van der Waals surface area contributed by atoms with Crippen LogP contribution in [0.25, 0.3) is 0 Å². The summed E-state index contributed by atoms with van der Waals surface area (Å²) < 4.78 is 22.4. The quantitative estimate of drug-likeness (QED) is 0.714. The van der Waals surface area contributed by atoms with E-state index < -0.39 is 15.4 Å². The van der Waals surface area contributed by atoms with Crippen LogP contribution in [0.3, 0.4) is 0 Å². The molecule has 0 saturated carbocycles. The molecule has 0 atom stereocenters. The Morgan fingerprint density at radius 1 is 1.14 bits per heavy atom. The van der Waals surface area contributed by atoms with Crippen molar-refractivity contribution < 1.29 is 13.5 Å². The Balaban J connectivity index is 3.96. The smallest absolute Gasteiger partial charge is 0.150 e. The fraction of sp³-hybridized carbons (Fsp3) is 1.00. The highest BCUT2D eigenvalue weighted by atomic mass is 32.2. The Labute approximate surface area is 87.4 Å². The van der Waals surface area contributed by atoms with E-state index in [-0.39, 0.29) is 11.5 Å². The molecule has 0 aromatic carbocycles. The molecule has 0 saturated heterocycles. The van der Waals surface area contributed by atoms with Crippen LogP contribution in [0.4, 0.5) is 0 Å². The van der Waals surface area contributed by atoms with Gasteiger partial charge in [-0.15, -0.1) is 0 Å². The lowest BCUT2D eigenvalue weighted by atomic mass is 9.92. The highest BCUT2D eigenvalue weighted by molar-refractivity contribution is 7.91. The molecule has 0 amide bonds. The molecule has 0 aliphatic carbocycles. The Morgan fingerprint density at radius 2 is 1.64 bits per heavy atom. The molecule has 0 spiro atoms. The molecule has 0 rings (SSSR count). The summed E-state index contributed by atoms with van der Waals surface area (Å²) in [7, 11) is -2.87. The second kappa shape index (κ2) is 5.71. The van der Waals surface area contributed by atoms with E-state index in [9.17, 15) is 13.5 Å². The first kappa shape index (κ1) is 13.9. The van der Waals surface area contributed by atoms with E-state index in [0.29, 0.717) is 25.7 Å². The van der Waals surface area contributed by atoms with Crippen molar-refractivity contribution >= 4 is 9.84 Å². The van der Waals surface area contributed by atoms with Gasteiger partial charge in [0.2, 0.25) is 0 Å². The molecule has 0 aliphatic rings. The number of hydrogen-bond acceptors (Lipinski definition) is 3. The third-order valence-electron chi connectivity index (χ3n) is 2.85. The Hall–Kier alpha value is -0.0900. The van der Waals surface area contributed by atoms with Gasteiger partial charge in [0, 0.05) is 5.75 Å². The summed E-state index contributed by atoms with van der Waals surface area (Å²) in [6.07, 6.45) is 2.53. The molecule has 0 unspecified atom stereocenters. The minimum atomic E-state index is -2.87. The fourth-order valence-electron chi connectivity index (χ4n) is 1.37. The highest BCUT2D eigenvalue weighted by Gasteiger charge is 2.22. The van der Waals surface area contributed by atoms with Crippen molar-refractivity contribution in [2.75, 3.05) is 11.5 Å². The molecular weight excluding hydrogens is 200 g/mol. The Bertz CT molecular complexity index is 240. The summed E-state index contributed by atoms with van der Waals surface area (Å²) in [6, 6.07) is 0. The lowest BCUT2D eigenvalue weighted by Gasteiger charge is -2.24. The molecule has 0 fully saturated rings. The molecule has 86 valence electrons. The number of rotatable bonds is 7. The number of hydrogen-bond donors (Lipinski definition) is 1. The molecule has 0 aromatic rings. The predicted octanol–water partition coefficient (Wildman–Crippen LogP) is 1.75. The Kier molecular flexibility index (Phi) is 5.67. The summed E-state index contributed by atoms with van der Waals surface area (Å²) in [4.78, 5) is 0. The molecule has 0 aromatic heterocycles. The number of aliphatic hydroxyl groups is 1. The van der Waals surface area contributed by atoms with Crippen LogP contribution in [0.2, 0.25) is 0 Å². The van der Waals surface area contributed by atoms with Crippen molar-refractivity contribution in [2.45, 2.75) is 52.1 Å². The topological polar surface area (TPSA) is 54.4 Å². The van der Waals surface area contributed by atoms with Gasteiger partial charge in [0.25, 0.3) is 0 Å². The monoisotopic (exact) mass is 222 g/mol. The Morgan fingerprint density at radius 3 is 2.00 bits per heavy atom. The van der Waals surface area contributed by atoms with E-state index in [1.54, 1.807) is 6.92 Å². The third-order valence-corrected chi connectivity index (χ3v) is 4.64. The maximum absolute atomic E-state index is 11.2. The molecule has 0 radical (unpaired) electrons. The van der Waals surface area contributed by atoms with Crippen LogP contribution in [0.5, 0.6) is 0 Å². The van der Waals surface area contributed by atoms with Crippen LogP contribution in [0.1, 0.15) is 46.5 Å². The van der Waals surface area contributed by atoms with Gasteiger partial charge in [0.1, 0.15) is 9.84 Å². The van der Waals surface area contributed by atoms with Gasteiger partial charge in [0.05, 0.1) is 11.4 Å². The molecule has 3 nitrogen and oxygen atoms in total. The van der Waals surface area contributed by atoms with Gasteiger partial charge in [0.15, 0.2) is 0 Å². The van der Waals surface area contributed by atoms with Crippen molar-refractivity contribution in [3.63, 3.8) is 0 Å². The molecule has 14 heavy (non-hydrogen) atoms. The molecule has 4 heteroatoms. The van der Waals surface area contributed by atoms with E-state index in [0.717, 1.165) is 0 Å². The summed E-state index contributed by atoms with van der Waals surface area (Å²) in [5.74, 6) is 0.398. The normalized spacial score (nSPS) is 13.1. The lowest BCUT2D eigenvalue weighted by Crippen LogP contribution is -2.27. The van der Waals surface area contributed by atoms with Crippen LogP contribution < -0.4 is 0 Å². The third kappa shape index (κ3) is 4.96. The average molecular weight is 222 g/mol. The summed E-state index contributed by atoms with van der Waals surface area (Å²) >= 11 is 0. The van der Waals surface area contributed by atoms with Gasteiger partial charge in [-0.05, 0) is 25.7 Å². The predicted molar refractivity (Wildman–Crippen MR) is 59.1 cm³/mol. The molecule has 0 bridgehead atoms. The van der Waals surface area contributed by atoms with Crippen molar-refractivity contribution in [3.05, 3.63) is 0 Å². The molecule has 0 heterocycles. The lowest BCUT2D eigenvalue weighted by molar-refractivity contribution is 0.0232. The zero-order chi connectivity index (χ0) is 11.2. The van der Waals surface area contributed by atoms with E-state index in [2.05, 4.69) is 0 Å². The van der Waals surface area contributed by atoms with E-state index >= 15 is 0 Å². The van der Waals surface area contributed by atoms with Crippen LogP contribution in [0, 0.1) is 0 Å². The summed E-state index contributed by atoms with van der Waals surface area (Å²) in [6.45, 7) is 5.51. The summed E-state index contributed by atoms with van der Waals surface area (Å²) in [5.41, 5.74) is -0.663. The fourth-order valence-corrected chi connectivity index (χ4v) is 2.24. The van der Waals surface area contributed by atoms with Gasteiger partial charge in [-0.25, -0.2) is 8.42 Å². The van der Waals surface area contributed by atoms with Gasteiger partial charge in [-0.3, -0.25) is 0 Å². The first-order chi connectivity index (χ1) is 6.39. The maximum atomic E-state index is 11.2. The highest BCUT2D eigenvalue weighted by Crippen LogP contribution is 2.21. The van der Waals surface area contributed by atoms with E-state index in [4.69, 9.17) is 0 Å². The van der Waals surface area contributed by atoms with Gasteiger partial charge < -0.3 is 5.11 Å². The van der Waals surface area contributed by atoms with Crippen molar-refractivity contribution in [3.8, 4) is 0 Å². The SMILES string of the molecule is CCC(O)(CC)CCCS(=O)(=O)CC. The minimum absolute atomic E-state index is 0.198. The zero-order valence-electron chi connectivity index (χ0n) is 9.41. The molecule has 1 N–H and O–H groups in total. The zero-order valence-corrected chi connectivity index (χ0v) is 10.2. The van der Waals surface area contributed by atoms with Crippen molar-refractivity contribution in [2.24, 2.45) is 0 Å². The average Bonchev–Trinajstić information content (AvgIpc) is 2.17. The second-order valence-electron chi connectivity index (χ2n) is 3.77. The number of sulfone groups is 1. The van der Waals surface area contributed by atoms with Gasteiger partial charge in [-0.1, -0.05) is 20.8 Å². The maximum Gasteiger partial charge on any atom is 0.150 e. The van der Waals surface area contributed by atoms with Crippen molar-refractivity contribution in [1.82, 2.24) is 0 Å². The summed E-state index contributed by atoms with van der Waals surface area (Å²) in [5, 5.41) is 9.90. The van der Waals surface area contributed by atoms with E-state index in [1.165, 1.54) is 0 Å².